The number of nitrogens with one attached hydrogen (secondary N) is 1. The first-order valence-electron chi connectivity index (χ1n) is 16.7. The number of likely N-dealkylation sites (N-methyl/N-ethyl adjacent to an activating group) is 1. The first kappa shape index (κ1) is 39.4. The summed E-state index contributed by atoms with van der Waals surface area (Å²) in [5.41, 5.74) is 4.36. The molecule has 4 atom stereocenters. The second-order valence-electron chi connectivity index (χ2n) is 11.8. The molecular weight excluding hydrogens is 554 g/mol. The van der Waals surface area contributed by atoms with E-state index in [-0.39, 0.29) is 24.5 Å². The van der Waals surface area contributed by atoms with Crippen LogP contribution < -0.4 is 5.32 Å². The lowest BCUT2D eigenvalue weighted by molar-refractivity contribution is -0.126. The minimum atomic E-state index is -0.490. The van der Waals surface area contributed by atoms with E-state index in [0.29, 0.717) is 24.8 Å². The van der Waals surface area contributed by atoms with Crippen LogP contribution in [-0.2, 0) is 16.1 Å². The number of β-amino-alcohol motifs (C(OH)–C–C–N with tert-alkyl or cyclic N) is 1. The molecule has 0 spiro atoms. The third-order valence-corrected chi connectivity index (χ3v) is 8.53. The van der Waals surface area contributed by atoms with Crippen LogP contribution in [0.15, 0.2) is 30.5 Å². The van der Waals surface area contributed by atoms with Crippen LogP contribution in [0.4, 0.5) is 0 Å². The van der Waals surface area contributed by atoms with Gasteiger partial charge in [-0.25, -0.2) is 0 Å². The van der Waals surface area contributed by atoms with Gasteiger partial charge in [0, 0.05) is 30.8 Å². The molecule has 44 heavy (non-hydrogen) atoms. The number of aromatic nitrogens is 2. The van der Waals surface area contributed by atoms with Crippen molar-refractivity contribution in [3.8, 4) is 11.3 Å². The fourth-order valence-electron chi connectivity index (χ4n) is 5.48. The fraction of sp³-hybridized carbons (Fsp3) is 0.686. The summed E-state index contributed by atoms with van der Waals surface area (Å²) in [6, 6.07) is 7.53. The molecule has 9 nitrogen and oxygen atoms in total. The zero-order valence-corrected chi connectivity index (χ0v) is 29.1. The van der Waals surface area contributed by atoms with Crippen LogP contribution >= 0.6 is 0 Å². The maximum atomic E-state index is 13.0. The molecule has 2 fully saturated rings. The molecule has 3 heterocycles. The van der Waals surface area contributed by atoms with E-state index < -0.39 is 12.1 Å². The second kappa shape index (κ2) is 20.4. The van der Waals surface area contributed by atoms with Gasteiger partial charge in [0.15, 0.2) is 0 Å². The molecule has 0 aliphatic carbocycles. The number of rotatable bonds is 9. The fourth-order valence-corrected chi connectivity index (χ4v) is 5.48. The van der Waals surface area contributed by atoms with Gasteiger partial charge in [0.1, 0.15) is 6.29 Å². The maximum absolute atomic E-state index is 13.0. The van der Waals surface area contributed by atoms with Crippen molar-refractivity contribution >= 4 is 12.2 Å². The Bertz CT molecular complexity index is 1100. The van der Waals surface area contributed by atoms with E-state index >= 15 is 0 Å². The number of hydrogen-bond acceptors (Lipinski definition) is 7. The molecule has 2 aliphatic heterocycles. The average molecular weight is 616 g/mol. The highest BCUT2D eigenvalue weighted by Gasteiger charge is 2.35. The Morgan fingerprint density at radius 2 is 1.73 bits per heavy atom. The Hall–Kier alpha value is -2.59. The van der Waals surface area contributed by atoms with Gasteiger partial charge in [-0.15, -0.1) is 0 Å². The second-order valence-corrected chi connectivity index (χ2v) is 11.8. The van der Waals surface area contributed by atoms with Gasteiger partial charge >= 0.3 is 0 Å². The van der Waals surface area contributed by atoms with Crippen molar-refractivity contribution in [2.24, 2.45) is 11.8 Å². The molecule has 0 radical (unpaired) electrons. The average Bonchev–Trinajstić information content (AvgIpc) is 3.67. The summed E-state index contributed by atoms with van der Waals surface area (Å²) in [4.78, 5) is 27.2. The highest BCUT2D eigenvalue weighted by atomic mass is 16.3. The number of amides is 1. The summed E-state index contributed by atoms with van der Waals surface area (Å²) in [6.45, 7) is 19.3. The number of aliphatic hydroxyl groups is 2. The normalized spacial score (nSPS) is 20.3. The highest BCUT2D eigenvalue weighted by Crippen LogP contribution is 2.36. The van der Waals surface area contributed by atoms with Gasteiger partial charge in [0.2, 0.25) is 5.91 Å². The van der Waals surface area contributed by atoms with Crippen molar-refractivity contribution in [1.29, 1.82) is 0 Å². The smallest absolute Gasteiger partial charge is 0.238 e. The van der Waals surface area contributed by atoms with Gasteiger partial charge in [0.25, 0.3) is 0 Å². The molecule has 2 aromatic rings. The number of aldehydes is 1. The summed E-state index contributed by atoms with van der Waals surface area (Å²) >= 11 is 0. The standard InChI is InChI=1S/C25H37N5O3.C6H12O.2C2H6/c1-4-30-23(7-10-26-30)18-5-6-20(21(13-18)17-8-11-28(2)12-9-17)22(16-31)27-25(33)24-14-19(32)15-29(24)3;1-5(2)6(3)4-7;2*1-2/h5-7,10,13,17,19,22,24,31-32H,4,8-9,11-12,14-16H2,1-3H3,(H,27,33);4-6H,1-3H3;2*1-2H3. The number of benzene rings is 1. The number of nitrogens with zero attached hydrogens (tertiary/aromatic N) is 4. The van der Waals surface area contributed by atoms with Crippen molar-refractivity contribution in [2.75, 3.05) is 40.3 Å². The predicted octanol–water partition coefficient (Wildman–Crippen LogP) is 5.12. The van der Waals surface area contributed by atoms with Gasteiger partial charge in [-0.05, 0) is 88.5 Å². The van der Waals surface area contributed by atoms with Crippen LogP contribution in [0.25, 0.3) is 11.3 Å². The van der Waals surface area contributed by atoms with Crippen LogP contribution in [-0.4, -0.2) is 94.5 Å². The van der Waals surface area contributed by atoms with Crippen molar-refractivity contribution in [2.45, 2.75) is 105 Å². The summed E-state index contributed by atoms with van der Waals surface area (Å²) in [7, 11) is 4.00. The third-order valence-electron chi connectivity index (χ3n) is 8.53. The highest BCUT2D eigenvalue weighted by molar-refractivity contribution is 5.82. The molecule has 3 N–H and O–H groups in total. The number of aliphatic hydroxyl groups excluding tert-OH is 2. The minimum Gasteiger partial charge on any atom is -0.394 e. The number of likely N-dealkylation sites (tertiary alicyclic amines) is 2. The molecule has 1 aromatic carbocycles. The van der Waals surface area contributed by atoms with Crippen LogP contribution in [0.2, 0.25) is 0 Å². The van der Waals surface area contributed by atoms with Gasteiger partial charge in [-0.3, -0.25) is 14.4 Å². The molecule has 4 unspecified atom stereocenters. The van der Waals surface area contributed by atoms with Gasteiger partial charge in [0.05, 0.1) is 30.5 Å². The van der Waals surface area contributed by atoms with E-state index in [1.165, 1.54) is 5.56 Å². The molecule has 1 aromatic heterocycles. The SMILES string of the molecule is CC.CC.CC(C)C(C)C=O.CCn1nccc1-c1ccc(C(CO)NC(=O)C2CC(O)CN2C)c(C2CCN(C)CC2)c1. The van der Waals surface area contributed by atoms with E-state index in [4.69, 9.17) is 0 Å². The Labute approximate surface area is 267 Å². The number of aryl methyl sites for hydroxylation is 1. The first-order chi connectivity index (χ1) is 21.1. The monoisotopic (exact) mass is 615 g/mol. The minimum absolute atomic E-state index is 0.143. The Morgan fingerprint density at radius 1 is 1.09 bits per heavy atom. The molecule has 0 bridgehead atoms. The molecule has 4 rings (SSSR count). The van der Waals surface area contributed by atoms with Crippen LogP contribution in [0.3, 0.4) is 0 Å². The van der Waals surface area contributed by atoms with Gasteiger partial charge < -0.3 is 25.2 Å². The zero-order valence-electron chi connectivity index (χ0n) is 29.1. The summed E-state index contributed by atoms with van der Waals surface area (Å²) < 4.78 is 1.99. The Balaban J connectivity index is 0.000000766. The first-order valence-corrected chi connectivity index (χ1v) is 16.7. The Kier molecular flexibility index (Phi) is 18.3. The van der Waals surface area contributed by atoms with Crippen molar-refractivity contribution < 1.29 is 19.8 Å². The summed E-state index contributed by atoms with van der Waals surface area (Å²) in [6.07, 6.45) is 4.83. The number of carbonyl (C=O) groups is 2. The third kappa shape index (κ3) is 11.1. The zero-order chi connectivity index (χ0) is 33.4. The van der Waals surface area contributed by atoms with Gasteiger partial charge in [-0.2, -0.15) is 5.10 Å². The van der Waals surface area contributed by atoms with E-state index in [0.717, 1.165) is 55.6 Å². The quantitative estimate of drug-likeness (QED) is 0.336. The van der Waals surface area contributed by atoms with E-state index in [9.17, 15) is 19.8 Å². The lowest BCUT2D eigenvalue weighted by atomic mass is 9.83. The molecule has 9 heteroatoms. The van der Waals surface area contributed by atoms with E-state index in [1.807, 2.05) is 77.4 Å². The van der Waals surface area contributed by atoms with Crippen molar-refractivity contribution in [3.05, 3.63) is 41.6 Å². The molecule has 1 amide bonds. The van der Waals surface area contributed by atoms with Gasteiger partial charge in [-0.1, -0.05) is 60.6 Å². The summed E-state index contributed by atoms with van der Waals surface area (Å²) in [5, 5.41) is 27.7. The van der Waals surface area contributed by atoms with Crippen LogP contribution in [0, 0.1) is 11.8 Å². The molecule has 2 aliphatic rings. The lowest BCUT2D eigenvalue weighted by Gasteiger charge is -2.32. The van der Waals surface area contributed by atoms with E-state index in [2.05, 4.69) is 47.5 Å². The molecular formula is C35H61N5O4. The topological polar surface area (TPSA) is 111 Å². The van der Waals surface area contributed by atoms with Crippen molar-refractivity contribution in [3.63, 3.8) is 0 Å². The van der Waals surface area contributed by atoms with Crippen molar-refractivity contribution in [1.82, 2.24) is 24.9 Å². The van der Waals surface area contributed by atoms with Crippen LogP contribution in [0.5, 0.6) is 0 Å². The molecule has 2 saturated heterocycles. The predicted molar refractivity (Wildman–Crippen MR) is 181 cm³/mol. The van der Waals surface area contributed by atoms with E-state index in [1.54, 1.807) is 0 Å². The Morgan fingerprint density at radius 3 is 2.20 bits per heavy atom. The molecule has 250 valence electrons. The molecule has 0 saturated carbocycles. The number of carbonyl (C=O) groups excluding carboxylic acids is 2. The number of hydrogen-bond donors (Lipinski definition) is 3. The summed E-state index contributed by atoms with van der Waals surface area (Å²) in [5.74, 6) is 0.948. The largest absolute Gasteiger partial charge is 0.394 e. The lowest BCUT2D eigenvalue weighted by Crippen LogP contribution is -2.44. The van der Waals surface area contributed by atoms with Crippen LogP contribution in [0.1, 0.15) is 97.7 Å². The number of piperidine rings is 1. The maximum Gasteiger partial charge on any atom is 0.238 e.